The van der Waals surface area contributed by atoms with Gasteiger partial charge in [-0.3, -0.25) is 4.79 Å². The molecule has 1 saturated heterocycles. The number of carbonyl (C=O) groups excluding carboxylic acids is 2. The van der Waals surface area contributed by atoms with Crippen molar-refractivity contribution in [2.75, 3.05) is 6.61 Å². The standard InChI is InChI=1S/C16H17BrN2O3/c1-3-4-8-22-15(20)13-10(2)18-16(21)19-14(13)11-6-5-7-12(17)9-11/h3-7,9,13-14H,2,8H2,1H3,(H2,18,19,21)/b4-3+/t13-,14+/m0/s1. The molecule has 1 aliphatic rings. The fraction of sp³-hybridized carbons (Fsp3) is 0.250. The lowest BCUT2D eigenvalue weighted by molar-refractivity contribution is -0.147. The lowest BCUT2D eigenvalue weighted by atomic mass is 9.89. The highest BCUT2D eigenvalue weighted by Gasteiger charge is 2.38. The first-order valence-electron chi connectivity index (χ1n) is 6.82. The SMILES string of the molecule is C=C1NC(=O)N[C@H](c2cccc(Br)c2)[C@H]1C(=O)OC/C=C/C. The third kappa shape index (κ3) is 3.76. The Balaban J connectivity index is 2.27. The molecule has 116 valence electrons. The second-order valence-corrected chi connectivity index (χ2v) is 5.75. The number of nitrogens with one attached hydrogen (secondary N) is 2. The molecule has 0 bridgehead atoms. The highest BCUT2D eigenvalue weighted by Crippen LogP contribution is 2.31. The van der Waals surface area contributed by atoms with Gasteiger partial charge in [0.2, 0.25) is 0 Å². The molecule has 2 amide bonds. The fourth-order valence-corrected chi connectivity index (χ4v) is 2.67. The van der Waals surface area contributed by atoms with Crippen molar-refractivity contribution in [2.24, 2.45) is 5.92 Å². The summed E-state index contributed by atoms with van der Waals surface area (Å²) in [5.74, 6) is -1.11. The van der Waals surface area contributed by atoms with Crippen molar-refractivity contribution in [1.82, 2.24) is 10.6 Å². The molecule has 6 heteroatoms. The number of urea groups is 1. The fourth-order valence-electron chi connectivity index (χ4n) is 2.26. The summed E-state index contributed by atoms with van der Waals surface area (Å²) in [6, 6.07) is 6.53. The van der Waals surface area contributed by atoms with Crippen LogP contribution < -0.4 is 10.6 Å². The molecular weight excluding hydrogens is 348 g/mol. The van der Waals surface area contributed by atoms with Gasteiger partial charge in [-0.1, -0.05) is 46.8 Å². The first kappa shape index (κ1) is 16.3. The summed E-state index contributed by atoms with van der Waals surface area (Å²) in [4.78, 5) is 24.1. The molecule has 5 nitrogen and oxygen atoms in total. The van der Waals surface area contributed by atoms with Gasteiger partial charge in [-0.15, -0.1) is 0 Å². The largest absolute Gasteiger partial charge is 0.461 e. The molecular formula is C16H17BrN2O3. The highest BCUT2D eigenvalue weighted by molar-refractivity contribution is 9.10. The Hall–Kier alpha value is -2.08. The maximum absolute atomic E-state index is 12.3. The van der Waals surface area contributed by atoms with Gasteiger partial charge in [0.25, 0.3) is 0 Å². The molecule has 22 heavy (non-hydrogen) atoms. The monoisotopic (exact) mass is 364 g/mol. The van der Waals surface area contributed by atoms with Crippen LogP contribution in [-0.2, 0) is 9.53 Å². The lowest BCUT2D eigenvalue weighted by Crippen LogP contribution is -2.51. The van der Waals surface area contributed by atoms with E-state index in [1.165, 1.54) is 0 Å². The Labute approximate surface area is 137 Å². The van der Waals surface area contributed by atoms with Crippen molar-refractivity contribution in [1.29, 1.82) is 0 Å². The van der Waals surface area contributed by atoms with Crippen molar-refractivity contribution in [2.45, 2.75) is 13.0 Å². The number of carbonyl (C=O) groups is 2. The number of allylic oxidation sites excluding steroid dienone is 1. The van der Waals surface area contributed by atoms with E-state index in [1.54, 1.807) is 12.2 Å². The van der Waals surface area contributed by atoms with E-state index in [-0.39, 0.29) is 12.6 Å². The van der Waals surface area contributed by atoms with Crippen LogP contribution in [0.15, 0.2) is 53.2 Å². The lowest BCUT2D eigenvalue weighted by Gasteiger charge is -2.33. The summed E-state index contributed by atoms with van der Waals surface area (Å²) in [5.41, 5.74) is 1.14. The van der Waals surface area contributed by atoms with E-state index in [4.69, 9.17) is 4.74 Å². The van der Waals surface area contributed by atoms with Gasteiger partial charge < -0.3 is 15.4 Å². The van der Waals surface area contributed by atoms with Crippen molar-refractivity contribution in [3.05, 3.63) is 58.7 Å². The van der Waals surface area contributed by atoms with E-state index in [2.05, 4.69) is 33.1 Å². The zero-order valence-electron chi connectivity index (χ0n) is 12.1. The summed E-state index contributed by atoms with van der Waals surface area (Å²) < 4.78 is 6.09. The molecule has 0 unspecified atom stereocenters. The summed E-state index contributed by atoms with van der Waals surface area (Å²) in [5, 5.41) is 5.30. The molecule has 0 saturated carbocycles. The smallest absolute Gasteiger partial charge is 0.319 e. The molecule has 0 aliphatic carbocycles. The molecule has 0 aromatic heterocycles. The second-order valence-electron chi connectivity index (χ2n) is 4.83. The first-order valence-corrected chi connectivity index (χ1v) is 7.61. The second kappa shape index (κ2) is 7.26. The summed E-state index contributed by atoms with van der Waals surface area (Å²) in [6.07, 6.45) is 3.54. The van der Waals surface area contributed by atoms with Crippen molar-refractivity contribution in [3.63, 3.8) is 0 Å². The Morgan fingerprint density at radius 3 is 2.95 bits per heavy atom. The quantitative estimate of drug-likeness (QED) is 0.637. The minimum Gasteiger partial charge on any atom is -0.461 e. The summed E-state index contributed by atoms with van der Waals surface area (Å²) in [7, 11) is 0. The van der Waals surface area contributed by atoms with E-state index in [9.17, 15) is 9.59 Å². The van der Waals surface area contributed by atoms with E-state index < -0.39 is 17.9 Å². The molecule has 2 atom stereocenters. The van der Waals surface area contributed by atoms with E-state index in [0.29, 0.717) is 5.70 Å². The van der Waals surface area contributed by atoms with Gasteiger partial charge in [0, 0.05) is 10.2 Å². The predicted octanol–water partition coefficient (Wildman–Crippen LogP) is 3.05. The van der Waals surface area contributed by atoms with Gasteiger partial charge in [0.1, 0.15) is 12.5 Å². The zero-order valence-corrected chi connectivity index (χ0v) is 13.7. The predicted molar refractivity (Wildman–Crippen MR) is 87.0 cm³/mol. The summed E-state index contributed by atoms with van der Waals surface area (Å²) in [6.45, 7) is 5.83. The molecule has 0 spiro atoms. The number of hydrogen-bond donors (Lipinski definition) is 2. The number of esters is 1. The Bertz CT molecular complexity index is 628. The molecule has 1 heterocycles. The van der Waals surface area contributed by atoms with Gasteiger partial charge in [0.05, 0.1) is 6.04 Å². The Kier molecular flexibility index (Phi) is 5.38. The first-order chi connectivity index (χ1) is 10.5. The molecule has 1 aliphatic heterocycles. The van der Waals surface area contributed by atoms with Crippen molar-refractivity contribution < 1.29 is 14.3 Å². The molecule has 1 fully saturated rings. The zero-order chi connectivity index (χ0) is 16.1. The Morgan fingerprint density at radius 2 is 2.27 bits per heavy atom. The molecule has 2 rings (SSSR count). The number of amides is 2. The number of ether oxygens (including phenoxy) is 1. The van der Waals surface area contributed by atoms with Crippen LogP contribution in [0.3, 0.4) is 0 Å². The van der Waals surface area contributed by atoms with Gasteiger partial charge in [0.15, 0.2) is 0 Å². The number of halogens is 1. The normalized spacial score (nSPS) is 21.4. The van der Waals surface area contributed by atoms with Crippen LogP contribution in [0, 0.1) is 5.92 Å². The topological polar surface area (TPSA) is 67.4 Å². The van der Waals surface area contributed by atoms with E-state index >= 15 is 0 Å². The van der Waals surface area contributed by atoms with Crippen molar-refractivity contribution in [3.8, 4) is 0 Å². The minimum atomic E-state index is -0.683. The maximum Gasteiger partial charge on any atom is 0.319 e. The number of hydrogen-bond acceptors (Lipinski definition) is 3. The number of benzene rings is 1. The average molecular weight is 365 g/mol. The van der Waals surface area contributed by atoms with Gasteiger partial charge in [-0.05, 0) is 24.6 Å². The van der Waals surface area contributed by atoms with Crippen LogP contribution in [0.25, 0.3) is 0 Å². The highest BCUT2D eigenvalue weighted by atomic mass is 79.9. The third-order valence-corrected chi connectivity index (χ3v) is 3.78. The molecule has 1 aromatic carbocycles. The van der Waals surface area contributed by atoms with Gasteiger partial charge in [-0.25, -0.2) is 4.79 Å². The van der Waals surface area contributed by atoms with Crippen LogP contribution in [0.4, 0.5) is 4.79 Å². The van der Waals surface area contributed by atoms with Crippen molar-refractivity contribution >= 4 is 27.9 Å². The van der Waals surface area contributed by atoms with Gasteiger partial charge in [-0.2, -0.15) is 0 Å². The molecule has 1 aromatic rings. The van der Waals surface area contributed by atoms with E-state index in [0.717, 1.165) is 10.0 Å². The van der Waals surface area contributed by atoms with Crippen LogP contribution in [0.2, 0.25) is 0 Å². The molecule has 2 N–H and O–H groups in total. The van der Waals surface area contributed by atoms with Crippen LogP contribution in [0.1, 0.15) is 18.5 Å². The molecule has 0 radical (unpaired) electrons. The van der Waals surface area contributed by atoms with Crippen LogP contribution in [-0.4, -0.2) is 18.6 Å². The van der Waals surface area contributed by atoms with Crippen LogP contribution in [0.5, 0.6) is 0 Å². The van der Waals surface area contributed by atoms with Crippen LogP contribution >= 0.6 is 15.9 Å². The Morgan fingerprint density at radius 1 is 1.50 bits per heavy atom. The minimum absolute atomic E-state index is 0.193. The summed E-state index contributed by atoms with van der Waals surface area (Å²) >= 11 is 3.39. The van der Waals surface area contributed by atoms with Gasteiger partial charge >= 0.3 is 12.0 Å². The number of rotatable bonds is 4. The van der Waals surface area contributed by atoms with E-state index in [1.807, 2.05) is 31.2 Å². The third-order valence-electron chi connectivity index (χ3n) is 3.29. The maximum atomic E-state index is 12.3. The average Bonchev–Trinajstić information content (AvgIpc) is 2.46.